The average molecular weight is 673 g/mol. The molecule has 0 heteroatoms. The standard InChI is InChI=1S/C53H36/c1-53(2)51-30-35(39-21-11-14-33-12-3-5-15-37(33)39)23-26-47(51)48-27-24-36(31-52(48)53)40-28-29-46(42-18-8-7-17-41(40)42)50-32-49-38-16-6-4-13-34(38)22-25-45(49)43-19-9-10-20-44(43)50/h3-32H,1-2H3. The Kier molecular flexibility index (Phi) is 6.40. The Morgan fingerprint density at radius 1 is 0.264 bits per heavy atom. The van der Waals surface area contributed by atoms with E-state index in [9.17, 15) is 0 Å². The van der Waals surface area contributed by atoms with Gasteiger partial charge in [-0.1, -0.05) is 178 Å². The maximum Gasteiger partial charge on any atom is 0.0159 e. The summed E-state index contributed by atoms with van der Waals surface area (Å²) in [7, 11) is 0. The summed E-state index contributed by atoms with van der Waals surface area (Å²) >= 11 is 0. The highest BCUT2D eigenvalue weighted by molar-refractivity contribution is 6.22. The Balaban J connectivity index is 1.06. The first-order valence-corrected chi connectivity index (χ1v) is 18.7. The first-order chi connectivity index (χ1) is 26.0. The molecule has 0 unspecified atom stereocenters. The lowest BCUT2D eigenvalue weighted by molar-refractivity contribution is 0.661. The van der Waals surface area contributed by atoms with Gasteiger partial charge in [0.1, 0.15) is 0 Å². The summed E-state index contributed by atoms with van der Waals surface area (Å²) in [4.78, 5) is 0. The van der Waals surface area contributed by atoms with Crippen molar-refractivity contribution >= 4 is 53.9 Å². The van der Waals surface area contributed by atoms with E-state index in [0.717, 1.165) is 0 Å². The molecule has 10 aromatic carbocycles. The summed E-state index contributed by atoms with van der Waals surface area (Å²) in [6.07, 6.45) is 0. The lowest BCUT2D eigenvalue weighted by atomic mass is 9.80. The van der Waals surface area contributed by atoms with Crippen LogP contribution in [0.1, 0.15) is 25.0 Å². The third-order valence-corrected chi connectivity index (χ3v) is 12.1. The van der Waals surface area contributed by atoms with Gasteiger partial charge in [-0.15, -0.1) is 0 Å². The summed E-state index contributed by atoms with van der Waals surface area (Å²) in [6.45, 7) is 4.79. The van der Waals surface area contributed by atoms with Gasteiger partial charge in [0.05, 0.1) is 0 Å². The summed E-state index contributed by atoms with van der Waals surface area (Å²) in [5.74, 6) is 0. The van der Waals surface area contributed by atoms with E-state index in [-0.39, 0.29) is 5.41 Å². The third kappa shape index (κ3) is 4.42. The molecule has 0 heterocycles. The van der Waals surface area contributed by atoms with Crippen LogP contribution in [-0.4, -0.2) is 0 Å². The molecular formula is C53H36. The van der Waals surface area contributed by atoms with E-state index in [0.29, 0.717) is 0 Å². The van der Waals surface area contributed by atoms with Crippen LogP contribution >= 0.6 is 0 Å². The van der Waals surface area contributed by atoms with E-state index in [1.54, 1.807) is 0 Å². The van der Waals surface area contributed by atoms with E-state index in [1.807, 2.05) is 0 Å². The summed E-state index contributed by atoms with van der Waals surface area (Å²) in [5, 5.41) is 12.9. The molecule has 1 aliphatic carbocycles. The molecule has 0 amide bonds. The minimum absolute atomic E-state index is 0.135. The third-order valence-electron chi connectivity index (χ3n) is 12.1. The van der Waals surface area contributed by atoms with Gasteiger partial charge >= 0.3 is 0 Å². The van der Waals surface area contributed by atoms with Crippen molar-refractivity contribution in [3.63, 3.8) is 0 Å². The van der Waals surface area contributed by atoms with Crippen LogP contribution in [0.4, 0.5) is 0 Å². The van der Waals surface area contributed by atoms with E-state index >= 15 is 0 Å². The lowest BCUT2D eigenvalue weighted by Crippen LogP contribution is -2.15. The summed E-state index contributed by atoms with van der Waals surface area (Å²) in [5.41, 5.74) is 13.0. The second kappa shape index (κ2) is 11.2. The zero-order valence-electron chi connectivity index (χ0n) is 29.8. The van der Waals surface area contributed by atoms with Crippen molar-refractivity contribution < 1.29 is 0 Å². The molecule has 53 heavy (non-hydrogen) atoms. The molecule has 0 N–H and O–H groups in total. The molecule has 0 aliphatic heterocycles. The molecule has 0 bridgehead atoms. The Labute approximate surface area is 309 Å². The van der Waals surface area contributed by atoms with Crippen LogP contribution < -0.4 is 0 Å². The van der Waals surface area contributed by atoms with E-state index < -0.39 is 0 Å². The second-order valence-corrected chi connectivity index (χ2v) is 15.2. The predicted molar refractivity (Wildman–Crippen MR) is 228 cm³/mol. The van der Waals surface area contributed by atoms with Crippen LogP contribution in [0.25, 0.3) is 98.4 Å². The Morgan fingerprint density at radius 2 is 0.717 bits per heavy atom. The molecule has 1 aliphatic rings. The Bertz CT molecular complexity index is 3130. The van der Waals surface area contributed by atoms with E-state index in [4.69, 9.17) is 0 Å². The van der Waals surface area contributed by atoms with Gasteiger partial charge in [-0.25, -0.2) is 0 Å². The monoisotopic (exact) mass is 672 g/mol. The number of hydrogen-bond donors (Lipinski definition) is 0. The molecular weight excluding hydrogens is 637 g/mol. The number of fused-ring (bicyclic) bond motifs is 10. The highest BCUT2D eigenvalue weighted by atomic mass is 14.4. The van der Waals surface area contributed by atoms with Crippen LogP contribution in [0, 0.1) is 0 Å². The van der Waals surface area contributed by atoms with Gasteiger partial charge in [0.2, 0.25) is 0 Å². The molecule has 11 rings (SSSR count). The van der Waals surface area contributed by atoms with Crippen LogP contribution in [0.2, 0.25) is 0 Å². The molecule has 0 saturated heterocycles. The molecule has 0 spiro atoms. The van der Waals surface area contributed by atoms with Gasteiger partial charge in [0, 0.05) is 5.41 Å². The topological polar surface area (TPSA) is 0 Å². The van der Waals surface area contributed by atoms with E-state index in [1.165, 1.54) is 109 Å². The van der Waals surface area contributed by atoms with E-state index in [2.05, 4.69) is 196 Å². The van der Waals surface area contributed by atoms with Gasteiger partial charge in [-0.2, -0.15) is 0 Å². The minimum atomic E-state index is -0.135. The molecule has 0 atom stereocenters. The quantitative estimate of drug-likeness (QED) is 0.164. The van der Waals surface area contributed by atoms with Crippen molar-refractivity contribution in [1.29, 1.82) is 0 Å². The van der Waals surface area contributed by atoms with Crippen molar-refractivity contribution in [2.24, 2.45) is 0 Å². The van der Waals surface area contributed by atoms with Crippen molar-refractivity contribution in [1.82, 2.24) is 0 Å². The Hall–Kier alpha value is -6.50. The number of benzene rings is 10. The molecule has 0 saturated carbocycles. The predicted octanol–water partition coefficient (Wildman–Crippen LogP) is 14.8. The van der Waals surface area contributed by atoms with Crippen LogP contribution in [0.5, 0.6) is 0 Å². The minimum Gasteiger partial charge on any atom is -0.0616 e. The van der Waals surface area contributed by atoms with Crippen molar-refractivity contribution in [2.75, 3.05) is 0 Å². The number of rotatable bonds is 3. The normalized spacial score (nSPS) is 13.2. The van der Waals surface area contributed by atoms with Gasteiger partial charge < -0.3 is 0 Å². The fourth-order valence-electron chi connectivity index (χ4n) is 9.42. The fourth-order valence-corrected chi connectivity index (χ4v) is 9.42. The van der Waals surface area contributed by atoms with Crippen LogP contribution in [0.3, 0.4) is 0 Å². The fraction of sp³-hybridized carbons (Fsp3) is 0.0566. The maximum absolute atomic E-state index is 2.46. The van der Waals surface area contributed by atoms with Gasteiger partial charge in [0.15, 0.2) is 0 Å². The van der Waals surface area contributed by atoms with Crippen molar-refractivity contribution in [2.45, 2.75) is 19.3 Å². The smallest absolute Gasteiger partial charge is 0.0159 e. The Morgan fingerprint density at radius 3 is 1.40 bits per heavy atom. The van der Waals surface area contributed by atoms with Crippen molar-refractivity contribution in [3.05, 3.63) is 193 Å². The maximum atomic E-state index is 2.46. The zero-order chi connectivity index (χ0) is 35.3. The molecule has 0 nitrogen and oxygen atoms in total. The number of hydrogen-bond acceptors (Lipinski definition) is 0. The van der Waals surface area contributed by atoms with Crippen LogP contribution in [0.15, 0.2) is 182 Å². The average Bonchev–Trinajstić information content (AvgIpc) is 3.44. The van der Waals surface area contributed by atoms with Gasteiger partial charge in [-0.05, 0) is 128 Å². The lowest BCUT2D eigenvalue weighted by Gasteiger charge is -2.23. The molecule has 248 valence electrons. The van der Waals surface area contributed by atoms with Crippen LogP contribution in [-0.2, 0) is 5.41 Å². The first-order valence-electron chi connectivity index (χ1n) is 18.7. The summed E-state index contributed by atoms with van der Waals surface area (Å²) in [6, 6.07) is 68.0. The molecule has 10 aromatic rings. The van der Waals surface area contributed by atoms with Gasteiger partial charge in [0.25, 0.3) is 0 Å². The largest absolute Gasteiger partial charge is 0.0616 e. The zero-order valence-corrected chi connectivity index (χ0v) is 29.8. The molecule has 0 radical (unpaired) electrons. The highest BCUT2D eigenvalue weighted by Crippen LogP contribution is 2.51. The highest BCUT2D eigenvalue weighted by Gasteiger charge is 2.36. The summed E-state index contributed by atoms with van der Waals surface area (Å²) < 4.78 is 0. The first kappa shape index (κ1) is 30.2. The molecule has 0 aromatic heterocycles. The van der Waals surface area contributed by atoms with Gasteiger partial charge in [-0.3, -0.25) is 0 Å². The SMILES string of the molecule is CC1(C)c2cc(-c3cccc4ccccc34)ccc2-c2ccc(-c3ccc(-c4cc5c6ccccc6ccc5c5ccccc45)c4ccccc34)cc21. The van der Waals surface area contributed by atoms with Crippen molar-refractivity contribution in [3.8, 4) is 44.5 Å². The molecule has 0 fully saturated rings. The second-order valence-electron chi connectivity index (χ2n) is 15.2.